The minimum absolute atomic E-state index is 0.106. The average Bonchev–Trinajstić information content (AvgIpc) is 3.59. The number of hydrogen-bond donors (Lipinski definition) is 3. The van der Waals surface area contributed by atoms with Crippen molar-refractivity contribution in [3.63, 3.8) is 0 Å². The summed E-state index contributed by atoms with van der Waals surface area (Å²) in [5.41, 5.74) is 0. The molecule has 534 valence electrons. The van der Waals surface area contributed by atoms with Gasteiger partial charge < -0.3 is 33.8 Å². The highest BCUT2D eigenvalue weighted by molar-refractivity contribution is 7.47. The molecule has 0 spiro atoms. The summed E-state index contributed by atoms with van der Waals surface area (Å²) in [4.78, 5) is 72.4. The summed E-state index contributed by atoms with van der Waals surface area (Å²) in [7, 11) is -9.89. The van der Waals surface area contributed by atoms with E-state index >= 15 is 0 Å². The fourth-order valence-corrected chi connectivity index (χ4v) is 12.4. The molecule has 17 nitrogen and oxygen atoms in total. The minimum Gasteiger partial charge on any atom is -0.462 e. The number of unbranched alkanes of at least 4 members (excludes halogenated alkanes) is 43. The van der Waals surface area contributed by atoms with E-state index in [1.165, 1.54) is 186 Å². The highest BCUT2D eigenvalue weighted by Crippen LogP contribution is 2.45. The van der Waals surface area contributed by atoms with Gasteiger partial charge in [-0.3, -0.25) is 37.3 Å². The fraction of sp³-hybridized carbons (Fsp3) is 0.944. The van der Waals surface area contributed by atoms with Crippen molar-refractivity contribution >= 4 is 39.5 Å². The number of phosphoric acid groups is 2. The zero-order valence-electron chi connectivity index (χ0n) is 58.3. The normalized spacial score (nSPS) is 14.1. The third kappa shape index (κ3) is 64.8. The van der Waals surface area contributed by atoms with Crippen LogP contribution in [-0.2, 0) is 65.4 Å². The molecule has 90 heavy (non-hydrogen) atoms. The number of rotatable bonds is 71. The van der Waals surface area contributed by atoms with Gasteiger partial charge in [0.05, 0.1) is 26.4 Å². The molecule has 0 amide bonds. The Morgan fingerprint density at radius 1 is 0.300 bits per heavy atom. The molecule has 0 radical (unpaired) electrons. The summed E-state index contributed by atoms with van der Waals surface area (Å²) in [5, 5.41) is 10.6. The molecule has 19 heteroatoms. The number of phosphoric ester groups is 2. The van der Waals surface area contributed by atoms with E-state index in [9.17, 15) is 43.2 Å². The SMILES string of the molecule is CCCCCCCCCCCCCCCCCCCCC(=O)O[C@H](COC(=O)CCCCCCCCCCCCCCC(C)C)COP(=O)(O)OC[C@@H](O)COP(=O)(O)OC[C@@H](COC(=O)CCCCCCCCCC)OC(=O)CCCCCCCCCCC. The zero-order valence-corrected chi connectivity index (χ0v) is 60.1. The number of carbonyl (C=O) groups is 4. The van der Waals surface area contributed by atoms with Gasteiger partial charge in [0, 0.05) is 25.7 Å². The van der Waals surface area contributed by atoms with E-state index in [0.717, 1.165) is 102 Å². The summed E-state index contributed by atoms with van der Waals surface area (Å²) in [5.74, 6) is -1.34. The standard InChI is InChI=1S/C71H138O17P2/c1-6-9-12-15-18-21-22-23-24-25-26-27-28-33-37-42-47-52-57-71(76)88-67(61-82-69(74)55-50-45-40-36-32-30-29-31-35-38-43-48-53-64(4)5)63-86-90(79,80)84-59-65(72)58-83-89(77,78)85-62-66(60-81-68(73)54-49-44-39-20-17-14-11-8-3)87-70(75)56-51-46-41-34-19-16-13-10-7-2/h64-67,72H,6-63H2,1-5H3,(H,77,78)(H,79,80)/t65-,66+,67+/m0/s1. The quantitative estimate of drug-likeness (QED) is 0.0222. The second-order valence-corrected chi connectivity index (χ2v) is 29.0. The highest BCUT2D eigenvalue weighted by atomic mass is 31.2. The van der Waals surface area contributed by atoms with Crippen LogP contribution in [0, 0.1) is 5.92 Å². The van der Waals surface area contributed by atoms with Crippen molar-refractivity contribution < 1.29 is 80.2 Å². The molecule has 2 unspecified atom stereocenters. The third-order valence-electron chi connectivity index (χ3n) is 16.5. The first kappa shape index (κ1) is 88.1. The molecule has 0 rings (SSSR count). The average molecular weight is 1330 g/mol. The first-order valence-corrected chi connectivity index (χ1v) is 40.1. The minimum atomic E-state index is -4.95. The Balaban J connectivity index is 5.19. The molecule has 0 aliphatic rings. The first-order valence-electron chi connectivity index (χ1n) is 37.1. The van der Waals surface area contributed by atoms with Crippen molar-refractivity contribution in [2.24, 2.45) is 5.92 Å². The molecular formula is C71H138O17P2. The van der Waals surface area contributed by atoms with Gasteiger partial charge in [0.2, 0.25) is 0 Å². The van der Waals surface area contributed by atoms with Gasteiger partial charge >= 0.3 is 39.5 Å². The van der Waals surface area contributed by atoms with Crippen LogP contribution >= 0.6 is 15.6 Å². The topological polar surface area (TPSA) is 237 Å². The van der Waals surface area contributed by atoms with E-state index in [0.29, 0.717) is 25.7 Å². The monoisotopic (exact) mass is 1320 g/mol. The van der Waals surface area contributed by atoms with E-state index in [2.05, 4.69) is 34.6 Å². The molecule has 0 aromatic heterocycles. The van der Waals surface area contributed by atoms with Gasteiger partial charge in [-0.1, -0.05) is 317 Å². The van der Waals surface area contributed by atoms with Crippen LogP contribution in [0.3, 0.4) is 0 Å². The molecular weight excluding hydrogens is 1190 g/mol. The van der Waals surface area contributed by atoms with E-state index in [-0.39, 0.29) is 25.7 Å². The Kier molecular flexibility index (Phi) is 63.0. The summed E-state index contributed by atoms with van der Waals surface area (Å²) in [6.07, 6.45) is 51.4. The number of aliphatic hydroxyl groups excluding tert-OH is 1. The van der Waals surface area contributed by atoms with E-state index in [1.54, 1.807) is 0 Å². The number of carbonyl (C=O) groups excluding carboxylic acids is 4. The van der Waals surface area contributed by atoms with Gasteiger partial charge in [-0.15, -0.1) is 0 Å². The Hall–Kier alpha value is -1.94. The fourth-order valence-electron chi connectivity index (χ4n) is 10.8. The van der Waals surface area contributed by atoms with Crippen molar-refractivity contribution in [1.82, 2.24) is 0 Å². The summed E-state index contributed by atoms with van der Waals surface area (Å²) >= 11 is 0. The maximum absolute atomic E-state index is 13.0. The Bertz CT molecular complexity index is 1740. The smallest absolute Gasteiger partial charge is 0.462 e. The van der Waals surface area contributed by atoms with Gasteiger partial charge in [-0.05, 0) is 31.6 Å². The number of hydrogen-bond acceptors (Lipinski definition) is 15. The van der Waals surface area contributed by atoms with Crippen LogP contribution in [0.2, 0.25) is 0 Å². The zero-order chi connectivity index (χ0) is 66.3. The van der Waals surface area contributed by atoms with Crippen molar-refractivity contribution in [3.05, 3.63) is 0 Å². The Morgan fingerprint density at radius 3 is 0.756 bits per heavy atom. The molecule has 3 N–H and O–H groups in total. The van der Waals surface area contributed by atoms with Gasteiger partial charge in [0.25, 0.3) is 0 Å². The van der Waals surface area contributed by atoms with E-state index in [1.807, 2.05) is 0 Å². The van der Waals surface area contributed by atoms with Crippen molar-refractivity contribution in [1.29, 1.82) is 0 Å². The number of esters is 4. The molecule has 0 bridgehead atoms. The first-order chi connectivity index (χ1) is 43.5. The van der Waals surface area contributed by atoms with Crippen molar-refractivity contribution in [2.75, 3.05) is 39.6 Å². The molecule has 0 aliphatic carbocycles. The molecule has 0 aliphatic heterocycles. The Labute approximate surface area is 549 Å². The van der Waals surface area contributed by atoms with Gasteiger partial charge in [0.1, 0.15) is 19.3 Å². The lowest BCUT2D eigenvalue weighted by Crippen LogP contribution is -2.30. The molecule has 0 heterocycles. The lowest BCUT2D eigenvalue weighted by molar-refractivity contribution is -0.161. The van der Waals surface area contributed by atoms with Crippen LogP contribution in [0.4, 0.5) is 0 Å². The Morgan fingerprint density at radius 2 is 0.511 bits per heavy atom. The second kappa shape index (κ2) is 64.4. The lowest BCUT2D eigenvalue weighted by Gasteiger charge is -2.21. The van der Waals surface area contributed by atoms with Crippen LogP contribution in [0.15, 0.2) is 0 Å². The molecule has 0 fully saturated rings. The summed E-state index contributed by atoms with van der Waals surface area (Å²) < 4.78 is 68.2. The summed E-state index contributed by atoms with van der Waals surface area (Å²) in [6.45, 7) is 7.22. The van der Waals surface area contributed by atoms with E-state index < -0.39 is 97.5 Å². The molecule has 0 saturated heterocycles. The van der Waals surface area contributed by atoms with Crippen LogP contribution < -0.4 is 0 Å². The van der Waals surface area contributed by atoms with Crippen LogP contribution in [0.1, 0.15) is 369 Å². The van der Waals surface area contributed by atoms with Crippen molar-refractivity contribution in [2.45, 2.75) is 387 Å². The van der Waals surface area contributed by atoms with E-state index in [4.69, 9.17) is 37.0 Å². The van der Waals surface area contributed by atoms with Crippen LogP contribution in [0.5, 0.6) is 0 Å². The lowest BCUT2D eigenvalue weighted by atomic mass is 10.0. The highest BCUT2D eigenvalue weighted by Gasteiger charge is 2.30. The van der Waals surface area contributed by atoms with Gasteiger partial charge in [0.15, 0.2) is 12.2 Å². The van der Waals surface area contributed by atoms with Crippen LogP contribution in [0.25, 0.3) is 0 Å². The summed E-state index contributed by atoms with van der Waals surface area (Å²) in [6, 6.07) is 0. The third-order valence-corrected chi connectivity index (χ3v) is 18.4. The molecule has 5 atom stereocenters. The predicted molar refractivity (Wildman–Crippen MR) is 363 cm³/mol. The number of ether oxygens (including phenoxy) is 4. The van der Waals surface area contributed by atoms with Gasteiger partial charge in [-0.25, -0.2) is 9.13 Å². The second-order valence-electron chi connectivity index (χ2n) is 26.1. The van der Waals surface area contributed by atoms with Crippen molar-refractivity contribution in [3.8, 4) is 0 Å². The maximum atomic E-state index is 13.0. The molecule has 0 saturated carbocycles. The largest absolute Gasteiger partial charge is 0.472 e. The molecule has 0 aromatic carbocycles. The number of aliphatic hydroxyl groups is 1. The van der Waals surface area contributed by atoms with Crippen LogP contribution in [-0.4, -0.2) is 96.7 Å². The maximum Gasteiger partial charge on any atom is 0.472 e. The van der Waals surface area contributed by atoms with Gasteiger partial charge in [-0.2, -0.15) is 0 Å². The predicted octanol–water partition coefficient (Wildman–Crippen LogP) is 20.5. The molecule has 0 aromatic rings.